The Hall–Kier alpha value is -2.02. The molecule has 0 bridgehead atoms. The molecule has 1 N–H and O–H groups in total. The Bertz CT molecular complexity index is 606. The van der Waals surface area contributed by atoms with Crippen LogP contribution in [-0.2, 0) is 15.1 Å². The molecule has 1 aromatic carbocycles. The van der Waals surface area contributed by atoms with Crippen molar-refractivity contribution in [2.45, 2.75) is 32.4 Å². The third-order valence-electron chi connectivity index (χ3n) is 3.54. The van der Waals surface area contributed by atoms with Crippen molar-refractivity contribution in [3.63, 3.8) is 0 Å². The minimum absolute atomic E-state index is 0.0154. The van der Waals surface area contributed by atoms with E-state index in [1.165, 1.54) is 13.0 Å². The summed E-state index contributed by atoms with van der Waals surface area (Å²) >= 11 is 0. The van der Waals surface area contributed by atoms with Crippen LogP contribution in [-0.4, -0.2) is 36.1 Å². The molecule has 5 nitrogen and oxygen atoms in total. The van der Waals surface area contributed by atoms with Crippen molar-refractivity contribution in [1.29, 1.82) is 0 Å². The maximum atomic E-state index is 13.4. The van der Waals surface area contributed by atoms with Gasteiger partial charge in [-0.3, -0.25) is 9.69 Å². The minimum atomic E-state index is -1.41. The van der Waals surface area contributed by atoms with Gasteiger partial charge >= 0.3 is 6.03 Å². The summed E-state index contributed by atoms with van der Waals surface area (Å²) in [6.45, 7) is 5.46. The number of urea groups is 1. The second kappa shape index (κ2) is 6.00. The molecule has 0 radical (unpaired) electrons. The van der Waals surface area contributed by atoms with Crippen LogP contribution >= 0.6 is 0 Å². The number of carbonyl (C=O) groups is 2. The van der Waals surface area contributed by atoms with E-state index in [4.69, 9.17) is 4.74 Å². The van der Waals surface area contributed by atoms with Gasteiger partial charge in [0.2, 0.25) is 0 Å². The maximum Gasteiger partial charge on any atom is 0.325 e. The van der Waals surface area contributed by atoms with Gasteiger partial charge in [-0.15, -0.1) is 0 Å². The number of halogens is 2. The molecule has 1 fully saturated rings. The third-order valence-corrected chi connectivity index (χ3v) is 3.54. The summed E-state index contributed by atoms with van der Waals surface area (Å²) in [6.07, 6.45) is -0.0154. The minimum Gasteiger partial charge on any atom is -0.377 e. The fraction of sp³-hybridized carbons (Fsp3) is 0.467. The summed E-state index contributed by atoms with van der Waals surface area (Å²) in [7, 11) is 0. The number of ether oxygens (including phenoxy) is 1. The number of hydrogen-bond acceptors (Lipinski definition) is 3. The average molecular weight is 312 g/mol. The highest BCUT2D eigenvalue weighted by Crippen LogP contribution is 2.29. The Morgan fingerprint density at radius 2 is 1.95 bits per heavy atom. The Morgan fingerprint density at radius 1 is 1.27 bits per heavy atom. The van der Waals surface area contributed by atoms with E-state index in [9.17, 15) is 18.4 Å². The van der Waals surface area contributed by atoms with Gasteiger partial charge in [0.05, 0.1) is 19.3 Å². The molecule has 1 aromatic rings. The lowest BCUT2D eigenvalue weighted by molar-refractivity contribution is -0.131. The van der Waals surface area contributed by atoms with Crippen LogP contribution in [0.1, 0.15) is 26.3 Å². The van der Waals surface area contributed by atoms with Crippen molar-refractivity contribution in [3.05, 3.63) is 35.4 Å². The number of nitrogens with zero attached hydrogens (tertiary/aromatic N) is 1. The van der Waals surface area contributed by atoms with Gasteiger partial charge in [-0.1, -0.05) is 6.07 Å². The molecule has 1 heterocycles. The van der Waals surface area contributed by atoms with E-state index in [-0.39, 0.29) is 24.8 Å². The van der Waals surface area contributed by atoms with Gasteiger partial charge in [0.15, 0.2) is 11.6 Å². The summed E-state index contributed by atoms with van der Waals surface area (Å²) < 4.78 is 31.7. The zero-order valence-corrected chi connectivity index (χ0v) is 12.7. The lowest BCUT2D eigenvalue weighted by Gasteiger charge is -2.22. The fourth-order valence-corrected chi connectivity index (χ4v) is 2.28. The van der Waals surface area contributed by atoms with Gasteiger partial charge in [-0.2, -0.15) is 0 Å². The Labute approximate surface area is 127 Å². The van der Waals surface area contributed by atoms with Gasteiger partial charge < -0.3 is 10.1 Å². The van der Waals surface area contributed by atoms with E-state index in [1.807, 2.05) is 13.8 Å². The number of rotatable bonds is 5. The quantitative estimate of drug-likeness (QED) is 0.848. The zero-order valence-electron chi connectivity index (χ0n) is 12.7. The number of hydrogen-bond donors (Lipinski definition) is 1. The first kappa shape index (κ1) is 16.4. The first-order chi connectivity index (χ1) is 10.3. The van der Waals surface area contributed by atoms with Crippen LogP contribution < -0.4 is 5.32 Å². The van der Waals surface area contributed by atoms with Gasteiger partial charge in [0.1, 0.15) is 5.54 Å². The molecule has 0 aromatic heterocycles. The molecule has 22 heavy (non-hydrogen) atoms. The molecule has 1 atom stereocenters. The molecular weight excluding hydrogens is 294 g/mol. The van der Waals surface area contributed by atoms with Crippen LogP contribution in [0.4, 0.5) is 13.6 Å². The Morgan fingerprint density at radius 3 is 2.55 bits per heavy atom. The maximum absolute atomic E-state index is 13.4. The van der Waals surface area contributed by atoms with Crippen molar-refractivity contribution in [1.82, 2.24) is 10.2 Å². The van der Waals surface area contributed by atoms with Gasteiger partial charge in [0, 0.05) is 0 Å². The second-order valence-corrected chi connectivity index (χ2v) is 5.56. The first-order valence-electron chi connectivity index (χ1n) is 6.97. The monoisotopic (exact) mass is 312 g/mol. The lowest BCUT2D eigenvalue weighted by Crippen LogP contribution is -2.41. The molecule has 0 spiro atoms. The second-order valence-electron chi connectivity index (χ2n) is 5.56. The smallest absolute Gasteiger partial charge is 0.325 e. The van der Waals surface area contributed by atoms with Crippen LogP contribution in [0, 0.1) is 11.6 Å². The first-order valence-corrected chi connectivity index (χ1v) is 6.97. The highest BCUT2D eigenvalue weighted by Gasteiger charge is 2.49. The molecule has 0 saturated carbocycles. The number of imide groups is 1. The molecule has 1 aliphatic rings. The van der Waals surface area contributed by atoms with Crippen LogP contribution in [0.5, 0.6) is 0 Å². The molecule has 120 valence electrons. The van der Waals surface area contributed by atoms with Gasteiger partial charge in [-0.05, 0) is 38.5 Å². The van der Waals surface area contributed by atoms with E-state index >= 15 is 0 Å². The van der Waals surface area contributed by atoms with E-state index in [0.717, 1.165) is 17.0 Å². The van der Waals surface area contributed by atoms with Crippen LogP contribution in [0.3, 0.4) is 0 Å². The van der Waals surface area contributed by atoms with Crippen molar-refractivity contribution in [2.24, 2.45) is 0 Å². The molecule has 1 saturated heterocycles. The van der Waals surface area contributed by atoms with E-state index in [1.54, 1.807) is 0 Å². The molecule has 0 aliphatic carbocycles. The fourth-order valence-electron chi connectivity index (χ4n) is 2.28. The molecular formula is C15H18F2N2O3. The van der Waals surface area contributed by atoms with Crippen molar-refractivity contribution in [3.8, 4) is 0 Å². The SMILES string of the molecule is CC(C)OCCN1C(=O)NC(C)(c2ccc(F)c(F)c2)C1=O. The lowest BCUT2D eigenvalue weighted by atomic mass is 9.92. The molecule has 3 amide bonds. The number of benzene rings is 1. The van der Waals surface area contributed by atoms with Crippen LogP contribution in [0.25, 0.3) is 0 Å². The predicted molar refractivity (Wildman–Crippen MR) is 75.0 cm³/mol. The standard InChI is InChI=1S/C15H18F2N2O3/c1-9(2)22-7-6-19-13(20)15(3,18-14(19)21)10-4-5-11(16)12(17)8-10/h4-5,8-9H,6-7H2,1-3H3,(H,18,21). The van der Waals surface area contributed by atoms with Crippen molar-refractivity contribution in [2.75, 3.05) is 13.2 Å². The Kier molecular flexibility index (Phi) is 4.46. The van der Waals surface area contributed by atoms with Crippen LogP contribution in [0.15, 0.2) is 18.2 Å². The van der Waals surface area contributed by atoms with Crippen LogP contribution in [0.2, 0.25) is 0 Å². The highest BCUT2D eigenvalue weighted by atomic mass is 19.2. The zero-order chi connectivity index (χ0) is 16.5. The molecule has 1 aliphatic heterocycles. The normalized spacial score (nSPS) is 21.6. The molecule has 1 unspecified atom stereocenters. The number of amides is 3. The summed E-state index contributed by atoms with van der Waals surface area (Å²) in [5.74, 6) is -2.59. The highest BCUT2D eigenvalue weighted by molar-refractivity contribution is 6.07. The number of nitrogens with one attached hydrogen (secondary N) is 1. The van der Waals surface area contributed by atoms with Crippen molar-refractivity contribution < 1.29 is 23.1 Å². The topological polar surface area (TPSA) is 58.6 Å². The third kappa shape index (κ3) is 2.94. The van der Waals surface area contributed by atoms with E-state index in [2.05, 4.69) is 5.32 Å². The Balaban J connectivity index is 2.20. The van der Waals surface area contributed by atoms with Gasteiger partial charge in [-0.25, -0.2) is 13.6 Å². The molecule has 2 rings (SSSR count). The molecule has 7 heteroatoms. The summed E-state index contributed by atoms with van der Waals surface area (Å²) in [4.78, 5) is 25.5. The summed E-state index contributed by atoms with van der Waals surface area (Å²) in [5, 5.41) is 2.52. The summed E-state index contributed by atoms with van der Waals surface area (Å²) in [5.41, 5.74) is -1.22. The van der Waals surface area contributed by atoms with Gasteiger partial charge in [0.25, 0.3) is 5.91 Å². The average Bonchev–Trinajstić information content (AvgIpc) is 2.65. The van der Waals surface area contributed by atoms with E-state index < -0.39 is 29.1 Å². The number of carbonyl (C=O) groups excluding carboxylic acids is 2. The predicted octanol–water partition coefficient (Wildman–Crippen LogP) is 2.16. The van der Waals surface area contributed by atoms with E-state index in [0.29, 0.717) is 0 Å². The summed E-state index contributed by atoms with van der Waals surface area (Å²) in [6, 6.07) is 2.55. The van der Waals surface area contributed by atoms with Crippen molar-refractivity contribution >= 4 is 11.9 Å². The largest absolute Gasteiger partial charge is 0.377 e.